The second-order valence-corrected chi connectivity index (χ2v) is 7.31. The summed E-state index contributed by atoms with van der Waals surface area (Å²) in [4.78, 5) is 14.5. The predicted molar refractivity (Wildman–Crippen MR) is 109 cm³/mol. The Labute approximate surface area is 175 Å². The summed E-state index contributed by atoms with van der Waals surface area (Å²) in [6, 6.07) is 8.15. The minimum Gasteiger partial charge on any atom is -0.454 e. The van der Waals surface area contributed by atoms with Crippen LogP contribution in [0.25, 0.3) is 0 Å². The lowest BCUT2D eigenvalue weighted by atomic mass is 10.1. The van der Waals surface area contributed by atoms with Crippen molar-refractivity contribution in [2.24, 2.45) is 0 Å². The molecule has 158 valence electrons. The third-order valence-corrected chi connectivity index (χ3v) is 5.08. The van der Waals surface area contributed by atoms with Crippen molar-refractivity contribution in [3.8, 4) is 11.5 Å². The van der Waals surface area contributed by atoms with Gasteiger partial charge in [-0.1, -0.05) is 0 Å². The molecule has 10 heteroatoms. The summed E-state index contributed by atoms with van der Waals surface area (Å²) >= 11 is 5.18. The minimum atomic E-state index is -4.49. The van der Waals surface area contributed by atoms with Crippen LogP contribution >= 0.6 is 12.2 Å². The van der Waals surface area contributed by atoms with Crippen molar-refractivity contribution in [3.63, 3.8) is 0 Å². The van der Waals surface area contributed by atoms with Crippen LogP contribution in [0.2, 0.25) is 0 Å². The van der Waals surface area contributed by atoms with E-state index in [9.17, 15) is 18.0 Å². The van der Waals surface area contributed by atoms with Crippen molar-refractivity contribution in [1.29, 1.82) is 0 Å². The van der Waals surface area contributed by atoms with E-state index in [1.807, 2.05) is 4.90 Å². The van der Waals surface area contributed by atoms with Crippen LogP contribution in [0.4, 0.5) is 24.5 Å². The largest absolute Gasteiger partial charge is 0.454 e. The topological polar surface area (TPSA) is 62.8 Å². The summed E-state index contributed by atoms with van der Waals surface area (Å²) in [5.41, 5.74) is 0.299. The van der Waals surface area contributed by atoms with Gasteiger partial charge in [0.05, 0.1) is 16.9 Å². The molecule has 1 saturated heterocycles. The normalized spacial score (nSPS) is 15.2. The summed E-state index contributed by atoms with van der Waals surface area (Å²) in [7, 11) is 0. The monoisotopic (exact) mass is 437 g/mol. The van der Waals surface area contributed by atoms with Gasteiger partial charge in [-0.25, -0.2) is 0 Å². The van der Waals surface area contributed by atoms with Crippen LogP contribution in [0.3, 0.4) is 0 Å². The zero-order valence-electron chi connectivity index (χ0n) is 15.7. The van der Waals surface area contributed by atoms with E-state index < -0.39 is 17.6 Å². The summed E-state index contributed by atoms with van der Waals surface area (Å²) in [6.45, 7) is 1.57. The van der Waals surface area contributed by atoms with Crippen molar-refractivity contribution in [2.75, 3.05) is 30.1 Å². The predicted octanol–water partition coefficient (Wildman–Crippen LogP) is 4.16. The fraction of sp³-hybridized carbons (Fsp3) is 0.300. The maximum absolute atomic E-state index is 13.2. The number of ether oxygens (including phenoxy) is 2. The number of carbonyl (C=O) groups is 1. The number of anilines is 2. The molecule has 1 amide bonds. The average Bonchev–Trinajstić information content (AvgIpc) is 3.38. The molecule has 2 aliphatic rings. The van der Waals surface area contributed by atoms with E-state index in [2.05, 4.69) is 10.6 Å². The Hall–Kier alpha value is -3.01. The third-order valence-electron chi connectivity index (χ3n) is 4.88. The number of thiocarbonyl (C=S) groups is 1. The number of nitrogens with one attached hydrogen (secondary N) is 2. The van der Waals surface area contributed by atoms with Gasteiger partial charge < -0.3 is 19.7 Å². The van der Waals surface area contributed by atoms with Crippen LogP contribution in [0.5, 0.6) is 11.5 Å². The number of hydrogen-bond donors (Lipinski definition) is 2. The fourth-order valence-corrected chi connectivity index (χ4v) is 3.62. The second kappa shape index (κ2) is 8.02. The van der Waals surface area contributed by atoms with Crippen LogP contribution < -0.4 is 25.0 Å². The number of nitrogens with zero attached hydrogens (tertiary/aromatic N) is 1. The Kier molecular flexibility index (Phi) is 5.42. The first-order valence-electron chi connectivity index (χ1n) is 9.29. The summed E-state index contributed by atoms with van der Waals surface area (Å²) < 4.78 is 50.0. The van der Waals surface area contributed by atoms with Crippen LogP contribution in [0, 0.1) is 0 Å². The van der Waals surface area contributed by atoms with E-state index in [0.717, 1.165) is 38.1 Å². The van der Waals surface area contributed by atoms with Crippen LogP contribution in [0.15, 0.2) is 36.4 Å². The van der Waals surface area contributed by atoms with Gasteiger partial charge in [0, 0.05) is 18.7 Å². The molecule has 2 heterocycles. The lowest BCUT2D eigenvalue weighted by Gasteiger charge is -2.23. The van der Waals surface area contributed by atoms with Gasteiger partial charge in [-0.2, -0.15) is 13.2 Å². The van der Waals surface area contributed by atoms with Gasteiger partial charge in [0.2, 0.25) is 6.79 Å². The number of hydrogen-bond acceptors (Lipinski definition) is 5. The van der Waals surface area contributed by atoms with Gasteiger partial charge in [-0.05, 0) is 61.5 Å². The zero-order valence-corrected chi connectivity index (χ0v) is 16.5. The molecule has 0 unspecified atom stereocenters. The molecule has 4 rings (SSSR count). The first kappa shape index (κ1) is 20.3. The van der Waals surface area contributed by atoms with E-state index in [1.54, 1.807) is 12.1 Å². The number of amides is 1. The molecule has 0 bridgehead atoms. The van der Waals surface area contributed by atoms with E-state index in [0.29, 0.717) is 17.2 Å². The maximum atomic E-state index is 13.2. The highest BCUT2D eigenvalue weighted by Gasteiger charge is 2.32. The number of alkyl halides is 3. The van der Waals surface area contributed by atoms with Gasteiger partial charge in [0.25, 0.3) is 5.91 Å². The van der Waals surface area contributed by atoms with Crippen molar-refractivity contribution in [3.05, 3.63) is 47.5 Å². The SMILES string of the molecule is O=C(NC(=S)Nc1cc(C(F)(F)F)ccc1N1CCCC1)c1ccc2c(c1)OCO2. The van der Waals surface area contributed by atoms with Crippen LogP contribution in [-0.4, -0.2) is 30.9 Å². The molecule has 0 atom stereocenters. The van der Waals surface area contributed by atoms with E-state index in [-0.39, 0.29) is 23.2 Å². The smallest absolute Gasteiger partial charge is 0.416 e. The Morgan fingerprint density at radius 3 is 2.50 bits per heavy atom. The fourth-order valence-electron chi connectivity index (χ4n) is 3.41. The lowest BCUT2D eigenvalue weighted by Crippen LogP contribution is -2.34. The number of benzene rings is 2. The summed E-state index contributed by atoms with van der Waals surface area (Å²) in [6.07, 6.45) is -2.56. The lowest BCUT2D eigenvalue weighted by molar-refractivity contribution is -0.137. The molecule has 30 heavy (non-hydrogen) atoms. The molecular weight excluding hydrogens is 419 g/mol. The van der Waals surface area contributed by atoms with Gasteiger partial charge in [0.1, 0.15) is 0 Å². The molecule has 0 aliphatic carbocycles. The standard InChI is InChI=1S/C20H18F3N3O3S/c21-20(22,23)13-4-5-15(26-7-1-2-8-26)14(10-13)24-19(30)25-18(27)12-3-6-16-17(9-12)29-11-28-16/h3-6,9-10H,1-2,7-8,11H2,(H2,24,25,27,30). The van der Waals surface area contributed by atoms with Gasteiger partial charge in [0.15, 0.2) is 16.6 Å². The number of carbonyl (C=O) groups excluding carboxylic acids is 1. The Morgan fingerprint density at radius 1 is 1.03 bits per heavy atom. The maximum Gasteiger partial charge on any atom is 0.416 e. The number of halogens is 3. The van der Waals surface area contributed by atoms with Gasteiger partial charge >= 0.3 is 6.18 Å². The number of rotatable bonds is 3. The molecule has 0 saturated carbocycles. The Balaban J connectivity index is 1.52. The summed E-state index contributed by atoms with van der Waals surface area (Å²) in [5, 5.41) is 5.15. The molecule has 1 fully saturated rings. The van der Waals surface area contributed by atoms with Crippen molar-refractivity contribution in [1.82, 2.24) is 5.32 Å². The molecule has 2 aromatic carbocycles. The molecule has 2 N–H and O–H groups in total. The van der Waals surface area contributed by atoms with Crippen molar-refractivity contribution in [2.45, 2.75) is 19.0 Å². The van der Waals surface area contributed by atoms with E-state index in [4.69, 9.17) is 21.7 Å². The minimum absolute atomic E-state index is 0.0786. The highest BCUT2D eigenvalue weighted by atomic mass is 32.1. The first-order chi connectivity index (χ1) is 14.3. The van der Waals surface area contributed by atoms with Crippen LogP contribution in [-0.2, 0) is 6.18 Å². The highest BCUT2D eigenvalue weighted by Crippen LogP contribution is 2.36. The molecule has 0 aromatic heterocycles. The van der Waals surface area contributed by atoms with Crippen molar-refractivity contribution < 1.29 is 27.4 Å². The Morgan fingerprint density at radius 2 is 1.77 bits per heavy atom. The highest BCUT2D eigenvalue weighted by molar-refractivity contribution is 7.80. The van der Waals surface area contributed by atoms with E-state index >= 15 is 0 Å². The third kappa shape index (κ3) is 4.28. The molecule has 6 nitrogen and oxygen atoms in total. The summed E-state index contributed by atoms with van der Waals surface area (Å²) in [5.74, 6) is 0.461. The quantitative estimate of drug-likeness (QED) is 0.704. The number of fused-ring (bicyclic) bond motifs is 1. The molecular formula is C20H18F3N3O3S. The molecule has 0 spiro atoms. The van der Waals surface area contributed by atoms with Gasteiger partial charge in [-0.3, -0.25) is 10.1 Å². The first-order valence-corrected chi connectivity index (χ1v) is 9.70. The zero-order chi connectivity index (χ0) is 21.3. The Bertz CT molecular complexity index is 991. The van der Waals surface area contributed by atoms with Crippen LogP contribution in [0.1, 0.15) is 28.8 Å². The van der Waals surface area contributed by atoms with Crippen molar-refractivity contribution >= 4 is 34.6 Å². The molecule has 2 aliphatic heterocycles. The average molecular weight is 437 g/mol. The molecule has 2 aromatic rings. The molecule has 0 radical (unpaired) electrons. The van der Waals surface area contributed by atoms with E-state index in [1.165, 1.54) is 12.1 Å². The van der Waals surface area contributed by atoms with Gasteiger partial charge in [-0.15, -0.1) is 0 Å². The second-order valence-electron chi connectivity index (χ2n) is 6.90.